The zero-order chi connectivity index (χ0) is 32.1. The van der Waals surface area contributed by atoms with E-state index in [1.54, 1.807) is 10.6 Å². The first kappa shape index (κ1) is 35.1. The number of halogens is 1. The van der Waals surface area contributed by atoms with Crippen molar-refractivity contribution in [1.82, 2.24) is 0 Å². The van der Waals surface area contributed by atoms with Gasteiger partial charge in [-0.25, -0.2) is 0 Å². The maximum Gasteiger partial charge on any atom is 0.0971 e. The third kappa shape index (κ3) is 6.97. The highest BCUT2D eigenvalue weighted by Crippen LogP contribution is 3.03. The van der Waals surface area contributed by atoms with Crippen molar-refractivity contribution in [3.8, 4) is 0 Å². The summed E-state index contributed by atoms with van der Waals surface area (Å²) >= 11 is 7.85. The van der Waals surface area contributed by atoms with E-state index in [-0.39, 0.29) is 36.8 Å². The van der Waals surface area contributed by atoms with Gasteiger partial charge in [-0.3, -0.25) is 0 Å². The van der Waals surface area contributed by atoms with Gasteiger partial charge in [0.25, 0.3) is 0 Å². The molecule has 0 bridgehead atoms. The molecule has 0 aromatic heterocycles. The van der Waals surface area contributed by atoms with Crippen molar-refractivity contribution in [2.45, 2.75) is 168 Å². The number of hydrogen-bond acceptors (Lipinski definition) is 0. The molecule has 3 heteroatoms. The highest BCUT2D eigenvalue weighted by molar-refractivity contribution is 8.54. The highest BCUT2D eigenvalue weighted by Gasteiger charge is 2.65. The van der Waals surface area contributed by atoms with Crippen molar-refractivity contribution in [2.24, 2.45) is 0 Å². The molecule has 3 atom stereocenters. The number of rotatable bonds is 2. The van der Waals surface area contributed by atoms with E-state index in [0.717, 1.165) is 0 Å². The summed E-state index contributed by atoms with van der Waals surface area (Å²) in [5, 5.41) is 3.19. The Morgan fingerprint density at radius 2 is 0.610 bits per heavy atom. The van der Waals surface area contributed by atoms with E-state index in [1.165, 1.54) is 33.4 Å². The number of alkyl halides is 1. The fourth-order valence-electron chi connectivity index (χ4n) is 5.76. The Labute approximate surface area is 262 Å². The monoisotopic (exact) mass is 614 g/mol. The minimum Gasteiger partial charge on any atom is -0.108 e. The standard InChI is InChI=1S/C38H61ClP2/c1-32(2,3)24-20-26(34(7,8)9)30(27(21-24)35(10,11)12)40-38(19,39)41(40)31-28(36(13,14)15)22-25(33(4,5)6)23-29(31)37(16,17)18/h20-23H,1-19H3/t38?,40-,41+. The van der Waals surface area contributed by atoms with Gasteiger partial charge < -0.3 is 0 Å². The molecule has 0 nitrogen and oxygen atoms in total. The second kappa shape index (κ2) is 10.3. The van der Waals surface area contributed by atoms with Crippen LogP contribution in [0.25, 0.3) is 0 Å². The SMILES string of the molecule is CC(C)(C)c1cc(C(C)(C)C)c([P@]2[P@](c3c(C(C)(C)C)cc(C(C)(C)C)cc3C(C)(C)C)C2(C)Cl)c(C(C)(C)C)c1. The normalized spacial score (nSPS) is 22.7. The fourth-order valence-corrected chi connectivity index (χ4v) is 17.1. The molecule has 2 aromatic rings. The minimum absolute atomic E-state index is 0.0330. The second-order valence-corrected chi connectivity index (χ2v) is 26.8. The molecule has 0 N–H and O–H groups in total. The fraction of sp³-hybridized carbons (Fsp3) is 0.684. The Bertz CT molecular complexity index is 1130. The van der Waals surface area contributed by atoms with Crippen LogP contribution in [0, 0.1) is 0 Å². The minimum atomic E-state index is -0.581. The van der Waals surface area contributed by atoms with E-state index in [1.807, 2.05) is 0 Å². The van der Waals surface area contributed by atoms with Crippen LogP contribution in [-0.2, 0) is 32.5 Å². The van der Waals surface area contributed by atoms with Gasteiger partial charge in [0.05, 0.1) is 4.36 Å². The molecule has 1 aliphatic rings. The van der Waals surface area contributed by atoms with Crippen LogP contribution in [0.2, 0.25) is 0 Å². The predicted molar refractivity (Wildman–Crippen MR) is 192 cm³/mol. The second-order valence-electron chi connectivity index (χ2n) is 18.9. The van der Waals surface area contributed by atoms with E-state index < -0.39 is 15.2 Å². The maximum absolute atomic E-state index is 7.85. The summed E-state index contributed by atoms with van der Waals surface area (Å²) in [6.07, 6.45) is 0. The molecule has 2 aromatic carbocycles. The van der Waals surface area contributed by atoms with E-state index in [0.29, 0.717) is 0 Å². The van der Waals surface area contributed by atoms with Crippen LogP contribution in [0.4, 0.5) is 0 Å². The van der Waals surface area contributed by atoms with E-state index >= 15 is 0 Å². The first-order chi connectivity index (χ1) is 17.9. The van der Waals surface area contributed by atoms with Crippen molar-refractivity contribution < 1.29 is 0 Å². The molecule has 0 amide bonds. The summed E-state index contributed by atoms with van der Waals surface area (Å²) in [5.41, 5.74) is 9.24. The molecular formula is C38H61ClP2. The zero-order valence-corrected chi connectivity index (χ0v) is 32.6. The molecule has 1 heterocycles. The quantitative estimate of drug-likeness (QED) is 0.233. The molecule has 1 fully saturated rings. The third-order valence-electron chi connectivity index (χ3n) is 8.54. The van der Waals surface area contributed by atoms with Crippen molar-refractivity contribution in [1.29, 1.82) is 0 Å². The van der Waals surface area contributed by atoms with Gasteiger partial charge >= 0.3 is 0 Å². The molecule has 1 unspecified atom stereocenters. The van der Waals surface area contributed by atoms with Gasteiger partial charge in [-0.05, 0) is 98.6 Å². The smallest absolute Gasteiger partial charge is 0.0971 e. The summed E-state index contributed by atoms with van der Waals surface area (Å²) in [6, 6.07) is 10.2. The van der Waals surface area contributed by atoms with Gasteiger partial charge in [-0.1, -0.05) is 149 Å². The average Bonchev–Trinajstić information content (AvgIpc) is 3.28. The molecule has 0 saturated carbocycles. The van der Waals surface area contributed by atoms with Crippen LogP contribution in [0.15, 0.2) is 24.3 Å². The van der Waals surface area contributed by atoms with Crippen LogP contribution in [-0.4, -0.2) is 4.36 Å². The van der Waals surface area contributed by atoms with E-state index in [2.05, 4.69) is 156 Å². The summed E-state index contributed by atoms with van der Waals surface area (Å²) in [7, 11) is -1.16. The predicted octanol–water partition coefficient (Wildman–Crippen LogP) is 12.2. The topological polar surface area (TPSA) is 0 Å². The largest absolute Gasteiger partial charge is 0.108 e. The first-order valence-corrected chi connectivity index (χ1v) is 19.4. The number of hydrogen-bond donors (Lipinski definition) is 0. The average molecular weight is 615 g/mol. The Morgan fingerprint density at radius 1 is 0.415 bits per heavy atom. The first-order valence-electron chi connectivity index (χ1n) is 15.6. The highest BCUT2D eigenvalue weighted by atomic mass is 35.5. The van der Waals surface area contributed by atoms with Crippen molar-refractivity contribution >= 4 is 37.4 Å². The summed E-state index contributed by atoms with van der Waals surface area (Å²) in [6.45, 7) is 45.3. The lowest BCUT2D eigenvalue weighted by Crippen LogP contribution is -2.31. The van der Waals surface area contributed by atoms with Crippen LogP contribution < -0.4 is 10.6 Å². The Balaban J connectivity index is 2.50. The van der Waals surface area contributed by atoms with Gasteiger partial charge in [-0.2, -0.15) is 0 Å². The Hall–Kier alpha value is -0.410. The molecular weight excluding hydrogens is 554 g/mol. The Kier molecular flexibility index (Phi) is 8.83. The van der Waals surface area contributed by atoms with Crippen molar-refractivity contribution in [3.63, 3.8) is 0 Å². The lowest BCUT2D eigenvalue weighted by molar-refractivity contribution is 0.553. The molecule has 1 aliphatic heterocycles. The molecule has 0 aliphatic carbocycles. The molecule has 3 rings (SSSR count). The van der Waals surface area contributed by atoms with Gasteiger partial charge in [-0.15, -0.1) is 11.6 Å². The lowest BCUT2D eigenvalue weighted by Gasteiger charge is -2.35. The summed E-state index contributed by atoms with van der Waals surface area (Å²) in [5.74, 6) is 0. The molecule has 1 saturated heterocycles. The molecule has 41 heavy (non-hydrogen) atoms. The van der Waals surface area contributed by atoms with Crippen LogP contribution in [0.5, 0.6) is 0 Å². The van der Waals surface area contributed by atoms with Gasteiger partial charge in [0.15, 0.2) is 0 Å². The zero-order valence-electron chi connectivity index (χ0n) is 30.1. The molecule has 0 spiro atoms. The van der Waals surface area contributed by atoms with Crippen LogP contribution >= 0.6 is 26.8 Å². The van der Waals surface area contributed by atoms with E-state index in [9.17, 15) is 0 Å². The number of benzene rings is 2. The van der Waals surface area contributed by atoms with Crippen molar-refractivity contribution in [2.75, 3.05) is 0 Å². The van der Waals surface area contributed by atoms with Gasteiger partial charge in [0.2, 0.25) is 0 Å². The Morgan fingerprint density at radius 3 is 0.756 bits per heavy atom. The summed E-state index contributed by atoms with van der Waals surface area (Å²) in [4.78, 5) is 0. The van der Waals surface area contributed by atoms with E-state index in [4.69, 9.17) is 11.6 Å². The van der Waals surface area contributed by atoms with Crippen LogP contribution in [0.1, 0.15) is 165 Å². The molecule has 0 radical (unpaired) electrons. The van der Waals surface area contributed by atoms with Gasteiger partial charge in [0, 0.05) is 0 Å². The molecule has 230 valence electrons. The maximum atomic E-state index is 7.85. The van der Waals surface area contributed by atoms with Crippen molar-refractivity contribution in [3.05, 3.63) is 57.6 Å². The van der Waals surface area contributed by atoms with Gasteiger partial charge in [0.1, 0.15) is 0 Å². The lowest BCUT2D eigenvalue weighted by atomic mass is 9.75. The van der Waals surface area contributed by atoms with Crippen LogP contribution in [0.3, 0.4) is 0 Å². The summed E-state index contributed by atoms with van der Waals surface area (Å²) < 4.78 is -0.225. The third-order valence-corrected chi connectivity index (χ3v) is 19.0.